The van der Waals surface area contributed by atoms with Gasteiger partial charge in [-0.25, -0.2) is 4.79 Å². The topological polar surface area (TPSA) is 165 Å². The number of carbonyl (C=O) groups excluding carboxylic acids is 1. The van der Waals surface area contributed by atoms with E-state index >= 15 is 0 Å². The third-order valence-corrected chi connectivity index (χ3v) is 6.12. The van der Waals surface area contributed by atoms with Crippen molar-refractivity contribution in [3.05, 3.63) is 45.0 Å². The Morgan fingerprint density at radius 2 is 1.52 bits per heavy atom. The fourth-order valence-electron chi connectivity index (χ4n) is 3.77. The molecule has 180 valence electrons. The monoisotopic (exact) mass is 463 g/mol. The normalized spacial score (nSPS) is 15.5. The molecule has 0 bridgehead atoms. The van der Waals surface area contributed by atoms with Gasteiger partial charge in [0.25, 0.3) is 0 Å². The van der Waals surface area contributed by atoms with Crippen LogP contribution in [0.5, 0.6) is 0 Å². The van der Waals surface area contributed by atoms with E-state index in [1.54, 1.807) is 13.0 Å². The molecule has 0 aliphatic heterocycles. The second kappa shape index (κ2) is 9.62. The number of aliphatic hydroxyl groups is 5. The molecule has 3 aromatic rings. The van der Waals surface area contributed by atoms with Crippen LogP contribution in [0.3, 0.4) is 0 Å². The molecule has 33 heavy (non-hydrogen) atoms. The number of aliphatic hydroxyl groups excluding tert-OH is 5. The van der Waals surface area contributed by atoms with Crippen molar-refractivity contribution < 1.29 is 39.2 Å². The van der Waals surface area contributed by atoms with E-state index in [4.69, 9.17) is 13.9 Å². The van der Waals surface area contributed by atoms with Crippen molar-refractivity contribution in [3.63, 3.8) is 0 Å². The Kier molecular flexibility index (Phi) is 7.25. The molecule has 0 radical (unpaired) electrons. The largest absolute Gasteiger partial charge is 0.461 e. The summed E-state index contributed by atoms with van der Waals surface area (Å²) in [6.07, 6.45) is -7.12. The SMILES string of the molecule is Cc1oc2cc3oc(=O)c(CC(=O)N(C)C[C@H](O)[C@H](O)[C@@H](O)[C@@H](O)CO)c(C)c3cc2c1C. The number of likely N-dealkylation sites (N-methyl/N-ethyl adjacent to an activating group) is 1. The van der Waals surface area contributed by atoms with Crippen molar-refractivity contribution in [2.75, 3.05) is 20.2 Å². The van der Waals surface area contributed by atoms with Crippen molar-refractivity contribution in [1.82, 2.24) is 4.90 Å². The molecule has 0 fully saturated rings. The minimum Gasteiger partial charge on any atom is -0.461 e. The number of hydrogen-bond donors (Lipinski definition) is 5. The van der Waals surface area contributed by atoms with Crippen LogP contribution in [-0.2, 0) is 11.2 Å². The van der Waals surface area contributed by atoms with Crippen LogP contribution in [0.4, 0.5) is 0 Å². The van der Waals surface area contributed by atoms with Gasteiger partial charge >= 0.3 is 5.63 Å². The van der Waals surface area contributed by atoms with Crippen LogP contribution in [0.2, 0.25) is 0 Å². The Labute approximate surface area is 189 Å². The Balaban J connectivity index is 1.83. The van der Waals surface area contributed by atoms with Crippen molar-refractivity contribution in [2.45, 2.75) is 51.6 Å². The Morgan fingerprint density at radius 1 is 0.939 bits per heavy atom. The standard InChI is InChI=1S/C23H29NO9/c1-10-12(3)32-18-7-19-14(5-13(10)18)11(2)15(23(31)33-19)6-20(28)24(4)8-16(26)21(29)22(30)17(27)9-25/h5,7,16-17,21-22,25-27,29-30H,6,8-9H2,1-4H3/t16-,17-,21-,22-/m0/s1. The van der Waals surface area contributed by atoms with Crippen LogP contribution in [0, 0.1) is 20.8 Å². The molecule has 2 heterocycles. The highest BCUT2D eigenvalue weighted by Crippen LogP contribution is 2.31. The fraction of sp³-hybridized carbons (Fsp3) is 0.478. The van der Waals surface area contributed by atoms with Crippen LogP contribution >= 0.6 is 0 Å². The lowest BCUT2D eigenvalue weighted by Crippen LogP contribution is -2.50. The first-order chi connectivity index (χ1) is 15.5. The van der Waals surface area contributed by atoms with E-state index < -0.39 is 42.6 Å². The number of furan rings is 1. The first-order valence-corrected chi connectivity index (χ1v) is 10.5. The quantitative estimate of drug-likeness (QED) is 0.287. The first kappa shape index (κ1) is 24.9. The van der Waals surface area contributed by atoms with Gasteiger partial charge in [0.1, 0.15) is 41.3 Å². The summed E-state index contributed by atoms with van der Waals surface area (Å²) >= 11 is 0. The highest BCUT2D eigenvalue weighted by Gasteiger charge is 2.31. The first-order valence-electron chi connectivity index (χ1n) is 10.5. The van der Waals surface area contributed by atoms with Crippen LogP contribution in [0.15, 0.2) is 25.8 Å². The molecular weight excluding hydrogens is 434 g/mol. The maximum Gasteiger partial charge on any atom is 0.340 e. The molecule has 3 rings (SSSR count). The van der Waals surface area contributed by atoms with E-state index in [2.05, 4.69) is 0 Å². The summed E-state index contributed by atoms with van der Waals surface area (Å²) in [4.78, 5) is 26.4. The van der Waals surface area contributed by atoms with Crippen LogP contribution in [-0.4, -0.2) is 81.0 Å². The molecular formula is C23H29NO9. The number of amides is 1. The Bertz CT molecular complexity index is 1230. The van der Waals surface area contributed by atoms with Crippen molar-refractivity contribution in [3.8, 4) is 0 Å². The predicted octanol–water partition coefficient (Wildman–Crippen LogP) is -0.0987. The zero-order chi connectivity index (χ0) is 24.6. The van der Waals surface area contributed by atoms with Crippen LogP contribution < -0.4 is 5.63 Å². The maximum absolute atomic E-state index is 12.7. The highest BCUT2D eigenvalue weighted by atomic mass is 16.4. The molecule has 0 unspecified atom stereocenters. The minimum absolute atomic E-state index is 0.169. The van der Waals surface area contributed by atoms with Gasteiger partial charge in [-0.05, 0) is 38.0 Å². The molecule has 1 aromatic carbocycles. The maximum atomic E-state index is 12.7. The summed E-state index contributed by atoms with van der Waals surface area (Å²) in [5, 5.41) is 49.6. The molecule has 1 amide bonds. The molecule has 0 spiro atoms. The molecule has 0 aliphatic rings. The molecule has 5 N–H and O–H groups in total. The second-order valence-corrected chi connectivity index (χ2v) is 8.37. The number of rotatable bonds is 8. The van der Waals surface area contributed by atoms with Gasteiger partial charge in [0, 0.05) is 30.4 Å². The summed E-state index contributed by atoms with van der Waals surface area (Å²) in [5.74, 6) is 0.235. The van der Waals surface area contributed by atoms with Gasteiger partial charge < -0.3 is 39.3 Å². The molecule has 4 atom stereocenters. The van der Waals surface area contributed by atoms with E-state index in [-0.39, 0.29) is 18.5 Å². The van der Waals surface area contributed by atoms with E-state index in [1.165, 1.54) is 7.05 Å². The molecule has 0 saturated heterocycles. The zero-order valence-corrected chi connectivity index (χ0v) is 18.9. The average Bonchev–Trinajstić information content (AvgIpc) is 3.06. The predicted molar refractivity (Wildman–Crippen MR) is 119 cm³/mol. The van der Waals surface area contributed by atoms with E-state index in [9.17, 15) is 30.0 Å². The molecule has 10 heteroatoms. The third kappa shape index (κ3) is 4.80. The smallest absolute Gasteiger partial charge is 0.340 e. The Morgan fingerprint density at radius 3 is 2.15 bits per heavy atom. The summed E-state index contributed by atoms with van der Waals surface area (Å²) in [6.45, 7) is 4.32. The van der Waals surface area contributed by atoms with Gasteiger partial charge in [0.05, 0.1) is 18.6 Å². The Hall–Kier alpha value is -2.76. The van der Waals surface area contributed by atoms with Gasteiger partial charge in [-0.2, -0.15) is 0 Å². The van der Waals surface area contributed by atoms with Gasteiger partial charge in [-0.1, -0.05) is 0 Å². The van der Waals surface area contributed by atoms with Gasteiger partial charge in [-0.3, -0.25) is 4.79 Å². The number of fused-ring (bicyclic) bond motifs is 2. The van der Waals surface area contributed by atoms with Gasteiger partial charge in [0.2, 0.25) is 5.91 Å². The lowest BCUT2D eigenvalue weighted by molar-refractivity contribution is -0.137. The summed E-state index contributed by atoms with van der Waals surface area (Å²) in [5.41, 5.74) is 2.01. The molecule has 0 aliphatic carbocycles. The fourth-order valence-corrected chi connectivity index (χ4v) is 3.77. The molecule has 10 nitrogen and oxygen atoms in total. The summed E-state index contributed by atoms with van der Waals surface area (Å²) in [7, 11) is 1.37. The van der Waals surface area contributed by atoms with Crippen molar-refractivity contribution >= 4 is 27.8 Å². The lowest BCUT2D eigenvalue weighted by Gasteiger charge is -2.28. The zero-order valence-electron chi connectivity index (χ0n) is 18.9. The van der Waals surface area contributed by atoms with E-state index in [0.717, 1.165) is 21.6 Å². The van der Waals surface area contributed by atoms with Crippen molar-refractivity contribution in [1.29, 1.82) is 0 Å². The van der Waals surface area contributed by atoms with Crippen LogP contribution in [0.25, 0.3) is 21.9 Å². The summed E-state index contributed by atoms with van der Waals surface area (Å²) in [6, 6.07) is 3.51. The number of hydrogen-bond acceptors (Lipinski definition) is 9. The molecule has 2 aromatic heterocycles. The highest BCUT2D eigenvalue weighted by molar-refractivity contribution is 5.97. The number of benzene rings is 1. The van der Waals surface area contributed by atoms with Gasteiger partial charge in [-0.15, -0.1) is 0 Å². The van der Waals surface area contributed by atoms with Gasteiger partial charge in [0.15, 0.2) is 0 Å². The van der Waals surface area contributed by atoms with Crippen LogP contribution in [0.1, 0.15) is 22.5 Å². The third-order valence-electron chi connectivity index (χ3n) is 6.12. The minimum atomic E-state index is -1.80. The van der Waals surface area contributed by atoms with E-state index in [1.807, 2.05) is 19.9 Å². The average molecular weight is 463 g/mol. The summed E-state index contributed by atoms with van der Waals surface area (Å²) < 4.78 is 11.1. The molecule has 0 saturated carbocycles. The van der Waals surface area contributed by atoms with Crippen molar-refractivity contribution in [2.24, 2.45) is 0 Å². The number of nitrogens with zero attached hydrogens (tertiary/aromatic N) is 1. The lowest BCUT2D eigenvalue weighted by atomic mass is 10.0. The number of aryl methyl sites for hydroxylation is 3. The number of carbonyl (C=O) groups is 1. The van der Waals surface area contributed by atoms with E-state index in [0.29, 0.717) is 22.1 Å². The second-order valence-electron chi connectivity index (χ2n) is 8.37.